The molecule has 4 rings (SSSR count). The molecular formula is C21H27N5O. The number of carbonyl (C=O) groups excluding carboxylic acids is 1. The number of likely N-dealkylation sites (tertiary alicyclic amines) is 1. The lowest BCUT2D eigenvalue weighted by Crippen LogP contribution is -2.44. The molecule has 1 fully saturated rings. The quantitative estimate of drug-likeness (QED) is 0.769. The first-order valence-corrected chi connectivity index (χ1v) is 9.66. The topological polar surface area (TPSA) is 66.8 Å². The molecule has 0 atom stereocenters. The van der Waals surface area contributed by atoms with Gasteiger partial charge in [-0.2, -0.15) is 5.10 Å². The average Bonchev–Trinajstić information content (AvgIpc) is 3.31. The molecule has 1 saturated heterocycles. The van der Waals surface area contributed by atoms with Gasteiger partial charge in [0.05, 0.1) is 22.9 Å². The second-order valence-corrected chi connectivity index (χ2v) is 8.54. The maximum absolute atomic E-state index is 12.5. The van der Waals surface area contributed by atoms with Crippen molar-refractivity contribution in [2.75, 3.05) is 13.1 Å². The minimum atomic E-state index is -0.290. The van der Waals surface area contributed by atoms with E-state index in [0.29, 0.717) is 5.92 Å². The summed E-state index contributed by atoms with van der Waals surface area (Å²) in [6.07, 6.45) is 7.89. The Kier molecular flexibility index (Phi) is 4.50. The Morgan fingerprint density at radius 1 is 1.22 bits per heavy atom. The number of hydrogen-bond acceptors (Lipinski definition) is 3. The van der Waals surface area contributed by atoms with Crippen molar-refractivity contribution in [1.29, 1.82) is 0 Å². The summed E-state index contributed by atoms with van der Waals surface area (Å²) in [4.78, 5) is 19.2. The van der Waals surface area contributed by atoms with Gasteiger partial charge in [0.15, 0.2) is 0 Å². The van der Waals surface area contributed by atoms with Crippen LogP contribution in [0.3, 0.4) is 0 Å². The first-order valence-electron chi connectivity index (χ1n) is 9.66. The summed E-state index contributed by atoms with van der Waals surface area (Å²) in [5.41, 5.74) is 3.81. The van der Waals surface area contributed by atoms with E-state index in [2.05, 4.69) is 33.1 Å². The number of aromatic nitrogens is 4. The van der Waals surface area contributed by atoms with Crippen LogP contribution in [0.2, 0.25) is 0 Å². The van der Waals surface area contributed by atoms with E-state index in [1.54, 1.807) is 6.20 Å². The van der Waals surface area contributed by atoms with Crippen LogP contribution in [0.25, 0.3) is 22.3 Å². The Balaban J connectivity index is 1.43. The van der Waals surface area contributed by atoms with Crippen molar-refractivity contribution in [3.63, 3.8) is 0 Å². The van der Waals surface area contributed by atoms with Crippen LogP contribution in [-0.4, -0.2) is 43.6 Å². The van der Waals surface area contributed by atoms with Crippen molar-refractivity contribution in [2.45, 2.75) is 40.2 Å². The lowest BCUT2D eigenvalue weighted by molar-refractivity contribution is -0.140. The lowest BCUT2D eigenvalue weighted by atomic mass is 9.91. The lowest BCUT2D eigenvalue weighted by Gasteiger charge is -2.36. The highest BCUT2D eigenvalue weighted by molar-refractivity contribution is 5.81. The Bertz CT molecular complexity index is 927. The van der Waals surface area contributed by atoms with Gasteiger partial charge in [-0.1, -0.05) is 20.8 Å². The zero-order valence-corrected chi connectivity index (χ0v) is 16.3. The fraction of sp³-hybridized carbons (Fsp3) is 0.476. The Labute approximate surface area is 159 Å². The van der Waals surface area contributed by atoms with Gasteiger partial charge >= 0.3 is 0 Å². The number of carbonyl (C=O) groups is 1. The van der Waals surface area contributed by atoms with Crippen molar-refractivity contribution >= 4 is 16.9 Å². The zero-order chi connectivity index (χ0) is 19.0. The minimum absolute atomic E-state index is 0.267. The third kappa shape index (κ3) is 3.61. The number of piperidine rings is 1. The Morgan fingerprint density at radius 3 is 2.67 bits per heavy atom. The van der Waals surface area contributed by atoms with E-state index < -0.39 is 0 Å². The van der Waals surface area contributed by atoms with Gasteiger partial charge < -0.3 is 9.47 Å². The first kappa shape index (κ1) is 17.8. The number of amides is 1. The van der Waals surface area contributed by atoms with Crippen molar-refractivity contribution in [3.8, 4) is 11.3 Å². The molecule has 6 nitrogen and oxygen atoms in total. The number of aromatic amines is 1. The molecule has 0 saturated carbocycles. The second kappa shape index (κ2) is 6.83. The third-order valence-electron chi connectivity index (χ3n) is 5.42. The number of rotatable bonds is 3. The van der Waals surface area contributed by atoms with Crippen molar-refractivity contribution < 1.29 is 4.79 Å². The van der Waals surface area contributed by atoms with Crippen LogP contribution in [0.1, 0.15) is 33.6 Å². The summed E-state index contributed by atoms with van der Waals surface area (Å²) in [5, 5.41) is 6.83. The van der Waals surface area contributed by atoms with Crippen LogP contribution < -0.4 is 0 Å². The average molecular weight is 365 g/mol. The Morgan fingerprint density at radius 2 is 2.00 bits per heavy atom. The molecular weight excluding hydrogens is 338 g/mol. The number of hydrogen-bond donors (Lipinski definition) is 1. The van der Waals surface area contributed by atoms with Crippen LogP contribution in [0.4, 0.5) is 0 Å². The molecule has 4 heterocycles. The summed E-state index contributed by atoms with van der Waals surface area (Å²) < 4.78 is 2.30. The first-order chi connectivity index (χ1) is 12.9. The summed E-state index contributed by atoms with van der Waals surface area (Å²) >= 11 is 0. The number of nitrogens with one attached hydrogen (secondary N) is 1. The van der Waals surface area contributed by atoms with Crippen LogP contribution >= 0.6 is 0 Å². The number of H-pyrrole nitrogens is 1. The number of pyridine rings is 1. The fourth-order valence-corrected chi connectivity index (χ4v) is 3.86. The van der Waals surface area contributed by atoms with E-state index in [9.17, 15) is 4.79 Å². The fourth-order valence-electron chi connectivity index (χ4n) is 3.86. The minimum Gasteiger partial charge on any atom is -0.346 e. The highest BCUT2D eigenvalue weighted by atomic mass is 16.2. The van der Waals surface area contributed by atoms with E-state index >= 15 is 0 Å². The molecule has 0 radical (unpaired) electrons. The van der Waals surface area contributed by atoms with Gasteiger partial charge in [0.25, 0.3) is 0 Å². The summed E-state index contributed by atoms with van der Waals surface area (Å²) in [6, 6.07) is 6.27. The normalized spacial score (nSPS) is 16.2. The van der Waals surface area contributed by atoms with Crippen LogP contribution in [0.15, 0.2) is 36.8 Å². The van der Waals surface area contributed by atoms with Crippen molar-refractivity contribution in [1.82, 2.24) is 24.6 Å². The van der Waals surface area contributed by atoms with Gasteiger partial charge in [0.1, 0.15) is 0 Å². The third-order valence-corrected chi connectivity index (χ3v) is 5.42. The number of fused-ring (bicyclic) bond motifs is 1. The molecule has 1 aliphatic heterocycles. The summed E-state index contributed by atoms with van der Waals surface area (Å²) in [7, 11) is 0. The highest BCUT2D eigenvalue weighted by Gasteiger charge is 2.30. The van der Waals surface area contributed by atoms with Gasteiger partial charge in [0, 0.05) is 43.0 Å². The largest absolute Gasteiger partial charge is 0.346 e. The molecule has 3 aromatic heterocycles. The molecule has 1 N–H and O–H groups in total. The van der Waals surface area contributed by atoms with Gasteiger partial charge in [0.2, 0.25) is 5.91 Å². The smallest absolute Gasteiger partial charge is 0.227 e. The highest BCUT2D eigenvalue weighted by Crippen LogP contribution is 2.26. The summed E-state index contributed by atoms with van der Waals surface area (Å²) in [6.45, 7) is 8.70. The van der Waals surface area contributed by atoms with Crippen molar-refractivity contribution in [2.24, 2.45) is 11.3 Å². The predicted octanol–water partition coefficient (Wildman–Crippen LogP) is 3.71. The van der Waals surface area contributed by atoms with E-state index in [4.69, 9.17) is 4.98 Å². The second-order valence-electron chi connectivity index (χ2n) is 8.54. The van der Waals surface area contributed by atoms with E-state index in [1.165, 1.54) is 0 Å². The molecule has 1 amide bonds. The molecule has 27 heavy (non-hydrogen) atoms. The molecule has 6 heteroatoms. The van der Waals surface area contributed by atoms with Crippen molar-refractivity contribution in [3.05, 3.63) is 36.8 Å². The SMILES string of the molecule is CC(C)(C)C(=O)N1CCC(Cn2ccc3nc(-c4cn[nH]c4)ccc32)CC1. The maximum atomic E-state index is 12.5. The molecule has 3 aromatic rings. The molecule has 0 aromatic carbocycles. The predicted molar refractivity (Wildman–Crippen MR) is 106 cm³/mol. The molecule has 142 valence electrons. The Hall–Kier alpha value is -2.63. The molecule has 0 aliphatic carbocycles. The monoisotopic (exact) mass is 365 g/mol. The van der Waals surface area contributed by atoms with E-state index in [-0.39, 0.29) is 11.3 Å². The van der Waals surface area contributed by atoms with E-state index in [0.717, 1.165) is 54.8 Å². The van der Waals surface area contributed by atoms with Gasteiger partial charge in [-0.3, -0.25) is 9.89 Å². The van der Waals surface area contributed by atoms with Gasteiger partial charge in [-0.25, -0.2) is 4.98 Å². The number of nitrogens with zero attached hydrogens (tertiary/aromatic N) is 4. The molecule has 0 bridgehead atoms. The molecule has 1 aliphatic rings. The van der Waals surface area contributed by atoms with Crippen LogP contribution in [0.5, 0.6) is 0 Å². The van der Waals surface area contributed by atoms with Crippen LogP contribution in [-0.2, 0) is 11.3 Å². The van der Waals surface area contributed by atoms with Gasteiger partial charge in [-0.15, -0.1) is 0 Å². The van der Waals surface area contributed by atoms with E-state index in [1.807, 2.05) is 37.9 Å². The standard InChI is InChI=1S/C21H27N5O/c1-21(2,3)20(27)25-9-6-15(7-10-25)14-26-11-8-18-19(26)5-4-17(24-18)16-12-22-23-13-16/h4-5,8,11-13,15H,6-7,9-10,14H2,1-3H3,(H,22,23). The zero-order valence-electron chi connectivity index (χ0n) is 16.3. The van der Waals surface area contributed by atoms with Crippen LogP contribution in [0, 0.1) is 11.3 Å². The molecule has 0 spiro atoms. The van der Waals surface area contributed by atoms with Gasteiger partial charge in [-0.05, 0) is 37.0 Å². The maximum Gasteiger partial charge on any atom is 0.227 e. The summed E-state index contributed by atoms with van der Waals surface area (Å²) in [5.74, 6) is 0.863. The molecule has 0 unspecified atom stereocenters.